The smallest absolute Gasteiger partial charge is 0.129 e. The van der Waals surface area contributed by atoms with Crippen LogP contribution in [0.3, 0.4) is 0 Å². The maximum atomic E-state index is 13.8. The molecule has 0 atom stereocenters. The molecule has 1 aromatic carbocycles. The molecule has 4 heteroatoms. The molecule has 0 amide bonds. The van der Waals surface area contributed by atoms with Crippen molar-refractivity contribution >= 4 is 15.9 Å². The fraction of sp³-hybridized carbons (Fsp3) is 0.500. The van der Waals surface area contributed by atoms with Crippen LogP contribution in [0.4, 0.5) is 4.39 Å². The molecule has 2 nitrogen and oxygen atoms in total. The van der Waals surface area contributed by atoms with Gasteiger partial charge in [0, 0.05) is 15.6 Å². The molecule has 0 saturated heterocycles. The number of aliphatic hydroxyl groups excluding tert-OH is 1. The molecule has 3 N–H and O–H groups in total. The summed E-state index contributed by atoms with van der Waals surface area (Å²) in [5.74, 6) is -0.270. The summed E-state index contributed by atoms with van der Waals surface area (Å²) < 4.78 is 14.5. The van der Waals surface area contributed by atoms with Crippen LogP contribution in [-0.2, 0) is 5.54 Å². The first-order valence-corrected chi connectivity index (χ1v) is 6.23. The van der Waals surface area contributed by atoms with E-state index in [2.05, 4.69) is 15.9 Å². The maximum Gasteiger partial charge on any atom is 0.129 e. The second-order valence-electron chi connectivity index (χ2n) is 4.51. The average Bonchev–Trinajstić information content (AvgIpc) is 2.22. The van der Waals surface area contributed by atoms with E-state index in [9.17, 15) is 9.50 Å². The molecule has 0 heterocycles. The Bertz CT molecular complexity index is 389. The SMILES string of the molecule is NC1(c2ccc(Br)cc2F)CCC(O)CC1. The quantitative estimate of drug-likeness (QED) is 0.834. The average molecular weight is 288 g/mol. The van der Waals surface area contributed by atoms with Crippen LogP contribution in [0.25, 0.3) is 0 Å². The van der Waals surface area contributed by atoms with Crippen LogP contribution in [0.2, 0.25) is 0 Å². The fourth-order valence-electron chi connectivity index (χ4n) is 2.28. The second-order valence-corrected chi connectivity index (χ2v) is 5.43. The van der Waals surface area contributed by atoms with Crippen molar-refractivity contribution in [3.8, 4) is 0 Å². The Balaban J connectivity index is 2.29. The molecule has 1 aromatic rings. The van der Waals surface area contributed by atoms with Gasteiger partial charge >= 0.3 is 0 Å². The molecule has 0 unspecified atom stereocenters. The first kappa shape index (κ1) is 12.0. The van der Waals surface area contributed by atoms with Gasteiger partial charge in [0.1, 0.15) is 5.82 Å². The van der Waals surface area contributed by atoms with Crippen molar-refractivity contribution in [2.75, 3.05) is 0 Å². The summed E-state index contributed by atoms with van der Waals surface area (Å²) in [5, 5.41) is 9.44. The van der Waals surface area contributed by atoms with Gasteiger partial charge in [-0.15, -0.1) is 0 Å². The number of hydrogen-bond donors (Lipinski definition) is 2. The van der Waals surface area contributed by atoms with Crippen LogP contribution >= 0.6 is 15.9 Å². The molecule has 16 heavy (non-hydrogen) atoms. The first-order chi connectivity index (χ1) is 7.51. The number of hydrogen-bond acceptors (Lipinski definition) is 2. The van der Waals surface area contributed by atoms with E-state index in [1.807, 2.05) is 0 Å². The summed E-state index contributed by atoms with van der Waals surface area (Å²) in [6, 6.07) is 4.98. The lowest BCUT2D eigenvalue weighted by atomic mass is 9.76. The van der Waals surface area contributed by atoms with E-state index >= 15 is 0 Å². The lowest BCUT2D eigenvalue weighted by Crippen LogP contribution is -2.42. The monoisotopic (exact) mass is 287 g/mol. The highest BCUT2D eigenvalue weighted by Gasteiger charge is 2.34. The van der Waals surface area contributed by atoms with Gasteiger partial charge in [-0.25, -0.2) is 4.39 Å². The minimum Gasteiger partial charge on any atom is -0.393 e. The molecule has 0 radical (unpaired) electrons. The van der Waals surface area contributed by atoms with Gasteiger partial charge in [-0.2, -0.15) is 0 Å². The number of halogens is 2. The zero-order valence-electron chi connectivity index (χ0n) is 8.92. The van der Waals surface area contributed by atoms with Crippen LogP contribution in [-0.4, -0.2) is 11.2 Å². The molecule has 1 aliphatic carbocycles. The lowest BCUT2D eigenvalue weighted by Gasteiger charge is -2.36. The summed E-state index contributed by atoms with van der Waals surface area (Å²) in [4.78, 5) is 0. The van der Waals surface area contributed by atoms with Crippen molar-refractivity contribution in [2.24, 2.45) is 5.73 Å². The molecule has 2 rings (SSSR count). The van der Waals surface area contributed by atoms with Crippen LogP contribution in [0.5, 0.6) is 0 Å². The Hall–Kier alpha value is -0.450. The summed E-state index contributed by atoms with van der Waals surface area (Å²) >= 11 is 3.23. The van der Waals surface area contributed by atoms with Crippen LogP contribution in [0.15, 0.2) is 22.7 Å². The molecule has 0 aromatic heterocycles. The van der Waals surface area contributed by atoms with Gasteiger partial charge < -0.3 is 10.8 Å². The van der Waals surface area contributed by atoms with E-state index in [1.165, 1.54) is 6.07 Å². The van der Waals surface area contributed by atoms with Crippen molar-refractivity contribution < 1.29 is 9.50 Å². The lowest BCUT2D eigenvalue weighted by molar-refractivity contribution is 0.0957. The van der Waals surface area contributed by atoms with E-state index in [4.69, 9.17) is 5.73 Å². The van der Waals surface area contributed by atoms with Gasteiger partial charge in [0.05, 0.1) is 6.10 Å². The molecule has 1 aliphatic rings. The van der Waals surface area contributed by atoms with E-state index in [1.54, 1.807) is 12.1 Å². The molecule has 88 valence electrons. The largest absolute Gasteiger partial charge is 0.393 e. The Morgan fingerprint density at radius 3 is 2.56 bits per heavy atom. The highest BCUT2D eigenvalue weighted by atomic mass is 79.9. The number of rotatable bonds is 1. The summed E-state index contributed by atoms with van der Waals surface area (Å²) in [5.41, 5.74) is 6.16. The Labute approximate surface area is 103 Å². The third-order valence-corrected chi connectivity index (χ3v) is 3.81. The minimum absolute atomic E-state index is 0.270. The molecule has 0 bridgehead atoms. The standard InChI is InChI=1S/C12H15BrFNO/c13-8-1-2-10(11(14)7-8)12(15)5-3-9(16)4-6-12/h1-2,7,9,16H,3-6,15H2. The van der Waals surface area contributed by atoms with E-state index in [0.717, 1.165) is 0 Å². The van der Waals surface area contributed by atoms with Crippen LogP contribution < -0.4 is 5.73 Å². The van der Waals surface area contributed by atoms with Gasteiger partial charge in [-0.1, -0.05) is 22.0 Å². The normalized spacial score (nSPS) is 30.4. The van der Waals surface area contributed by atoms with Gasteiger partial charge in [-0.3, -0.25) is 0 Å². The molecule has 0 spiro atoms. The summed E-state index contributed by atoms with van der Waals surface area (Å²) in [6.07, 6.45) is 2.27. The van der Waals surface area contributed by atoms with Crippen molar-refractivity contribution in [1.82, 2.24) is 0 Å². The highest BCUT2D eigenvalue weighted by molar-refractivity contribution is 9.10. The fourth-order valence-corrected chi connectivity index (χ4v) is 2.61. The topological polar surface area (TPSA) is 46.2 Å². The van der Waals surface area contributed by atoms with Crippen molar-refractivity contribution in [2.45, 2.75) is 37.3 Å². The second kappa shape index (κ2) is 4.43. The van der Waals surface area contributed by atoms with Gasteiger partial charge in [-0.05, 0) is 37.8 Å². The first-order valence-electron chi connectivity index (χ1n) is 5.44. The zero-order chi connectivity index (χ0) is 11.8. The van der Waals surface area contributed by atoms with E-state index < -0.39 is 5.54 Å². The van der Waals surface area contributed by atoms with Crippen LogP contribution in [0.1, 0.15) is 31.2 Å². The highest BCUT2D eigenvalue weighted by Crippen LogP contribution is 2.36. The summed E-state index contributed by atoms with van der Waals surface area (Å²) in [7, 11) is 0. The van der Waals surface area contributed by atoms with Crippen LogP contribution in [0, 0.1) is 5.82 Å². The number of nitrogens with two attached hydrogens (primary N) is 1. The predicted molar refractivity (Wildman–Crippen MR) is 64.4 cm³/mol. The van der Waals surface area contributed by atoms with Crippen molar-refractivity contribution in [3.63, 3.8) is 0 Å². The Morgan fingerprint density at radius 1 is 1.38 bits per heavy atom. The van der Waals surface area contributed by atoms with E-state index in [0.29, 0.717) is 35.7 Å². The minimum atomic E-state index is -0.621. The molecule has 0 aliphatic heterocycles. The molecule has 1 fully saturated rings. The summed E-state index contributed by atoms with van der Waals surface area (Å²) in [6.45, 7) is 0. The molecular formula is C12H15BrFNO. The Morgan fingerprint density at radius 2 is 2.00 bits per heavy atom. The van der Waals surface area contributed by atoms with E-state index in [-0.39, 0.29) is 11.9 Å². The van der Waals surface area contributed by atoms with Crippen molar-refractivity contribution in [3.05, 3.63) is 34.1 Å². The number of benzene rings is 1. The Kier molecular flexibility index (Phi) is 3.33. The maximum absolute atomic E-state index is 13.8. The third-order valence-electron chi connectivity index (χ3n) is 3.31. The third kappa shape index (κ3) is 2.29. The molecule has 1 saturated carbocycles. The van der Waals surface area contributed by atoms with Gasteiger partial charge in [0.25, 0.3) is 0 Å². The number of aliphatic hydroxyl groups is 1. The zero-order valence-corrected chi connectivity index (χ0v) is 10.5. The predicted octanol–water partition coefficient (Wildman–Crippen LogP) is 2.68. The van der Waals surface area contributed by atoms with Crippen molar-refractivity contribution in [1.29, 1.82) is 0 Å². The molecular weight excluding hydrogens is 273 g/mol. The van der Waals surface area contributed by atoms with Gasteiger partial charge in [0.15, 0.2) is 0 Å². The van der Waals surface area contributed by atoms with Gasteiger partial charge in [0.2, 0.25) is 0 Å².